The zero-order valence-electron chi connectivity index (χ0n) is 10.4. The SMILES string of the molecule is O=C(c1ccc([N+](=O)[O-])cc1)c1ccc2ccccn12. The largest absolute Gasteiger partial charge is 0.314 e. The fraction of sp³-hybridized carbons (Fsp3) is 0. The van der Waals surface area contributed by atoms with Gasteiger partial charge in [0.1, 0.15) is 0 Å². The second-order valence-corrected chi connectivity index (χ2v) is 4.35. The first-order valence-corrected chi connectivity index (χ1v) is 6.02. The molecule has 0 radical (unpaired) electrons. The molecule has 2 heterocycles. The van der Waals surface area contributed by atoms with Crippen LogP contribution in [0.15, 0.2) is 60.8 Å². The van der Waals surface area contributed by atoms with E-state index in [0.29, 0.717) is 11.3 Å². The predicted octanol–water partition coefficient (Wildman–Crippen LogP) is 3.08. The van der Waals surface area contributed by atoms with Crippen molar-refractivity contribution in [3.8, 4) is 0 Å². The summed E-state index contributed by atoms with van der Waals surface area (Å²) < 4.78 is 1.80. The highest BCUT2D eigenvalue weighted by atomic mass is 16.6. The highest BCUT2D eigenvalue weighted by molar-refractivity contribution is 6.08. The highest BCUT2D eigenvalue weighted by Gasteiger charge is 2.14. The number of ketones is 1. The number of non-ortho nitro benzene ring substituents is 1. The summed E-state index contributed by atoms with van der Waals surface area (Å²) >= 11 is 0. The molecular weight excluding hydrogens is 256 g/mol. The molecule has 0 fully saturated rings. The Morgan fingerprint density at radius 1 is 1.00 bits per heavy atom. The van der Waals surface area contributed by atoms with Crippen molar-refractivity contribution in [1.82, 2.24) is 4.40 Å². The van der Waals surface area contributed by atoms with Crippen molar-refractivity contribution in [3.05, 3.63) is 82.2 Å². The number of carbonyl (C=O) groups excluding carboxylic acids is 1. The molecule has 5 heteroatoms. The van der Waals surface area contributed by atoms with Crippen molar-refractivity contribution in [2.45, 2.75) is 0 Å². The minimum atomic E-state index is -0.485. The molecular formula is C15H10N2O3. The van der Waals surface area contributed by atoms with Crippen LogP contribution < -0.4 is 0 Å². The number of hydrogen-bond acceptors (Lipinski definition) is 3. The minimum Gasteiger partial charge on any atom is -0.314 e. The van der Waals surface area contributed by atoms with Gasteiger partial charge in [-0.15, -0.1) is 0 Å². The molecule has 20 heavy (non-hydrogen) atoms. The van der Waals surface area contributed by atoms with Gasteiger partial charge in [0.05, 0.1) is 10.6 Å². The van der Waals surface area contributed by atoms with E-state index in [1.54, 1.807) is 10.5 Å². The smallest absolute Gasteiger partial charge is 0.269 e. The van der Waals surface area contributed by atoms with Crippen LogP contribution >= 0.6 is 0 Å². The molecule has 2 aromatic heterocycles. The number of aromatic nitrogens is 1. The fourth-order valence-corrected chi connectivity index (χ4v) is 2.12. The maximum atomic E-state index is 12.4. The molecule has 0 amide bonds. The van der Waals surface area contributed by atoms with E-state index in [4.69, 9.17) is 0 Å². The van der Waals surface area contributed by atoms with E-state index in [2.05, 4.69) is 0 Å². The third-order valence-corrected chi connectivity index (χ3v) is 3.14. The first-order valence-electron chi connectivity index (χ1n) is 6.02. The highest BCUT2D eigenvalue weighted by Crippen LogP contribution is 2.17. The summed E-state index contributed by atoms with van der Waals surface area (Å²) in [5.41, 5.74) is 1.87. The summed E-state index contributed by atoms with van der Waals surface area (Å²) in [5, 5.41) is 10.6. The Hall–Kier alpha value is -2.95. The van der Waals surface area contributed by atoms with E-state index in [-0.39, 0.29) is 11.5 Å². The summed E-state index contributed by atoms with van der Waals surface area (Å²) in [5.74, 6) is -0.161. The van der Waals surface area contributed by atoms with Crippen LogP contribution in [-0.2, 0) is 0 Å². The van der Waals surface area contributed by atoms with Crippen molar-refractivity contribution in [2.75, 3.05) is 0 Å². The third-order valence-electron chi connectivity index (χ3n) is 3.14. The lowest BCUT2D eigenvalue weighted by Gasteiger charge is -2.02. The van der Waals surface area contributed by atoms with Crippen LogP contribution in [0.3, 0.4) is 0 Å². The normalized spacial score (nSPS) is 10.6. The van der Waals surface area contributed by atoms with Gasteiger partial charge in [-0.1, -0.05) is 6.07 Å². The van der Waals surface area contributed by atoms with Crippen LogP contribution in [0.2, 0.25) is 0 Å². The van der Waals surface area contributed by atoms with Gasteiger partial charge in [-0.05, 0) is 36.4 Å². The lowest BCUT2D eigenvalue weighted by atomic mass is 10.1. The first kappa shape index (κ1) is 12.1. The number of rotatable bonds is 3. The second-order valence-electron chi connectivity index (χ2n) is 4.35. The van der Waals surface area contributed by atoms with E-state index in [0.717, 1.165) is 5.52 Å². The van der Waals surface area contributed by atoms with Crippen molar-refractivity contribution in [2.24, 2.45) is 0 Å². The van der Waals surface area contributed by atoms with Crippen molar-refractivity contribution in [1.29, 1.82) is 0 Å². The molecule has 3 aromatic rings. The first-order chi connectivity index (χ1) is 9.66. The number of nitro groups is 1. The lowest BCUT2D eigenvalue weighted by Crippen LogP contribution is -2.05. The maximum Gasteiger partial charge on any atom is 0.269 e. The quantitative estimate of drug-likeness (QED) is 0.415. The molecule has 0 atom stereocenters. The maximum absolute atomic E-state index is 12.4. The monoisotopic (exact) mass is 266 g/mol. The fourth-order valence-electron chi connectivity index (χ4n) is 2.12. The molecule has 0 saturated carbocycles. The molecule has 3 rings (SSSR count). The molecule has 0 saturated heterocycles. The van der Waals surface area contributed by atoms with Crippen LogP contribution in [0.5, 0.6) is 0 Å². The van der Waals surface area contributed by atoms with Crippen LogP contribution in [0.4, 0.5) is 5.69 Å². The number of benzene rings is 1. The van der Waals surface area contributed by atoms with Gasteiger partial charge in [0.25, 0.3) is 5.69 Å². The van der Waals surface area contributed by atoms with Gasteiger partial charge in [-0.3, -0.25) is 14.9 Å². The molecule has 0 unspecified atom stereocenters. The van der Waals surface area contributed by atoms with E-state index in [9.17, 15) is 14.9 Å². The standard InChI is InChI=1S/C15H10N2O3/c18-15(11-4-6-13(7-5-11)17(19)20)14-9-8-12-3-1-2-10-16(12)14/h1-10H. The number of pyridine rings is 1. The molecule has 1 aromatic carbocycles. The van der Waals surface area contributed by atoms with Crippen molar-refractivity contribution in [3.63, 3.8) is 0 Å². The summed E-state index contributed by atoms with van der Waals surface area (Å²) in [6.45, 7) is 0. The average molecular weight is 266 g/mol. The van der Waals surface area contributed by atoms with E-state index in [1.165, 1.54) is 24.3 Å². The van der Waals surface area contributed by atoms with Gasteiger partial charge < -0.3 is 4.40 Å². The second kappa shape index (κ2) is 4.62. The third kappa shape index (κ3) is 1.95. The zero-order chi connectivity index (χ0) is 14.1. The zero-order valence-corrected chi connectivity index (χ0v) is 10.4. The van der Waals surface area contributed by atoms with Gasteiger partial charge in [0, 0.05) is 29.4 Å². The summed E-state index contributed by atoms with van der Waals surface area (Å²) in [7, 11) is 0. The number of nitro benzene ring substituents is 1. The Balaban J connectivity index is 2.02. The molecule has 0 aliphatic heterocycles. The van der Waals surface area contributed by atoms with E-state index in [1.807, 2.05) is 30.5 Å². The molecule has 98 valence electrons. The Labute approximate surface area is 114 Å². The molecule has 5 nitrogen and oxygen atoms in total. The number of nitrogens with zero attached hydrogens (tertiary/aromatic N) is 2. The summed E-state index contributed by atoms with van der Waals surface area (Å²) in [4.78, 5) is 22.5. The Bertz CT molecular complexity index is 803. The van der Waals surface area contributed by atoms with Gasteiger partial charge >= 0.3 is 0 Å². The van der Waals surface area contributed by atoms with Gasteiger partial charge in [-0.2, -0.15) is 0 Å². The van der Waals surface area contributed by atoms with Gasteiger partial charge in [0.15, 0.2) is 0 Å². The molecule has 0 spiro atoms. The molecule has 0 bridgehead atoms. The van der Waals surface area contributed by atoms with Crippen LogP contribution in [0, 0.1) is 10.1 Å². The minimum absolute atomic E-state index is 0.0263. The van der Waals surface area contributed by atoms with Crippen molar-refractivity contribution >= 4 is 17.0 Å². The number of fused-ring (bicyclic) bond motifs is 1. The number of hydrogen-bond donors (Lipinski definition) is 0. The Morgan fingerprint density at radius 2 is 1.75 bits per heavy atom. The lowest BCUT2D eigenvalue weighted by molar-refractivity contribution is -0.384. The van der Waals surface area contributed by atoms with Crippen LogP contribution in [0.25, 0.3) is 5.52 Å². The predicted molar refractivity (Wildman–Crippen MR) is 73.9 cm³/mol. The van der Waals surface area contributed by atoms with Crippen molar-refractivity contribution < 1.29 is 9.72 Å². The summed E-state index contributed by atoms with van der Waals surface area (Å²) in [6, 6.07) is 14.9. The Kier molecular flexibility index (Phi) is 2.80. The molecule has 0 aliphatic rings. The van der Waals surface area contributed by atoms with Gasteiger partial charge in [-0.25, -0.2) is 0 Å². The topological polar surface area (TPSA) is 64.6 Å². The molecule has 0 aliphatic carbocycles. The van der Waals surface area contributed by atoms with E-state index >= 15 is 0 Å². The van der Waals surface area contributed by atoms with Crippen LogP contribution in [-0.4, -0.2) is 15.1 Å². The Morgan fingerprint density at radius 3 is 2.45 bits per heavy atom. The van der Waals surface area contributed by atoms with Crippen LogP contribution in [0.1, 0.15) is 16.1 Å². The van der Waals surface area contributed by atoms with Gasteiger partial charge in [0.2, 0.25) is 5.78 Å². The molecule has 0 N–H and O–H groups in total. The number of carbonyl (C=O) groups is 1. The van der Waals surface area contributed by atoms with E-state index < -0.39 is 4.92 Å². The average Bonchev–Trinajstić information content (AvgIpc) is 2.90. The summed E-state index contributed by atoms with van der Waals surface area (Å²) in [6.07, 6.45) is 1.81.